The molecule has 0 heterocycles. The van der Waals surface area contributed by atoms with Gasteiger partial charge in [-0.05, 0) is 62.2 Å². The summed E-state index contributed by atoms with van der Waals surface area (Å²) in [5, 5.41) is 2.90. The van der Waals surface area contributed by atoms with Gasteiger partial charge in [0.2, 0.25) is 15.9 Å². The van der Waals surface area contributed by atoms with Crippen LogP contribution in [0.2, 0.25) is 0 Å². The molecule has 0 aromatic heterocycles. The van der Waals surface area contributed by atoms with Crippen molar-refractivity contribution in [2.45, 2.75) is 45.6 Å². The van der Waals surface area contributed by atoms with E-state index in [0.29, 0.717) is 37.8 Å². The quantitative estimate of drug-likeness (QED) is 0.461. The van der Waals surface area contributed by atoms with E-state index in [1.165, 1.54) is 10.4 Å². The van der Waals surface area contributed by atoms with Gasteiger partial charge in [-0.15, -0.1) is 0 Å². The van der Waals surface area contributed by atoms with Crippen molar-refractivity contribution in [3.05, 3.63) is 59.7 Å². The number of rotatable bonds is 12. The fourth-order valence-corrected chi connectivity index (χ4v) is 4.79. The average Bonchev–Trinajstić information content (AvgIpc) is 2.80. The maximum atomic E-state index is 12.6. The lowest BCUT2D eigenvalue weighted by molar-refractivity contribution is -0.117. The lowest BCUT2D eigenvalue weighted by Gasteiger charge is -2.19. The second-order valence-electron chi connectivity index (χ2n) is 7.29. The highest BCUT2D eigenvalue weighted by Crippen LogP contribution is 2.29. The van der Waals surface area contributed by atoms with Gasteiger partial charge in [0.05, 0.1) is 24.2 Å². The first-order valence-corrected chi connectivity index (χ1v) is 12.7. The first-order valence-electron chi connectivity index (χ1n) is 11.2. The molecular formula is C25H34N2O5S. The Labute approximate surface area is 197 Å². The second-order valence-corrected chi connectivity index (χ2v) is 9.23. The second kappa shape index (κ2) is 12.4. The summed E-state index contributed by atoms with van der Waals surface area (Å²) < 4.78 is 37.8. The normalized spacial score (nSPS) is 12.7. The maximum absolute atomic E-state index is 12.6. The van der Waals surface area contributed by atoms with Crippen molar-refractivity contribution in [1.82, 2.24) is 9.62 Å². The molecule has 0 aliphatic carbocycles. The summed E-state index contributed by atoms with van der Waals surface area (Å²) in [7, 11) is -3.50. The number of hydrogen-bond acceptors (Lipinski definition) is 5. The van der Waals surface area contributed by atoms with Crippen molar-refractivity contribution in [3.63, 3.8) is 0 Å². The predicted octanol–water partition coefficient (Wildman–Crippen LogP) is 4.41. The molecule has 8 heteroatoms. The van der Waals surface area contributed by atoms with Crippen molar-refractivity contribution in [1.29, 1.82) is 0 Å². The van der Waals surface area contributed by atoms with Crippen LogP contribution in [0, 0.1) is 0 Å². The van der Waals surface area contributed by atoms with Gasteiger partial charge in [-0.2, -0.15) is 4.31 Å². The van der Waals surface area contributed by atoms with Gasteiger partial charge in [-0.3, -0.25) is 4.79 Å². The molecule has 1 amide bonds. The number of hydrogen-bond donors (Lipinski definition) is 1. The molecular weight excluding hydrogens is 440 g/mol. The summed E-state index contributed by atoms with van der Waals surface area (Å²) in [5.74, 6) is 1.05. The Hall–Kier alpha value is -2.84. The molecule has 0 fully saturated rings. The molecule has 0 spiro atoms. The standard InChI is InChI=1S/C25H34N2O5S/c1-6-27(7-2)33(29,30)22-14-12-21(13-15-22)19(5)26-25(28)17-11-20-10-16-23(31-8-3)24(18-20)32-9-4/h10-19H,6-9H2,1-5H3,(H,26,28)/b17-11+. The number of sulfonamides is 1. The molecule has 2 rings (SSSR count). The van der Waals surface area contributed by atoms with Crippen LogP contribution >= 0.6 is 0 Å². The number of nitrogens with zero attached hydrogens (tertiary/aromatic N) is 1. The van der Waals surface area contributed by atoms with E-state index >= 15 is 0 Å². The van der Waals surface area contributed by atoms with Crippen molar-refractivity contribution in [3.8, 4) is 11.5 Å². The summed E-state index contributed by atoms with van der Waals surface area (Å²) in [5.41, 5.74) is 1.63. The molecule has 0 saturated carbocycles. The van der Waals surface area contributed by atoms with Gasteiger partial charge in [0, 0.05) is 19.2 Å². The lowest BCUT2D eigenvalue weighted by Crippen LogP contribution is -2.30. The Morgan fingerprint density at radius 1 is 0.970 bits per heavy atom. The number of amides is 1. The Morgan fingerprint density at radius 2 is 1.58 bits per heavy atom. The molecule has 33 heavy (non-hydrogen) atoms. The average molecular weight is 475 g/mol. The minimum absolute atomic E-state index is 0.244. The number of benzene rings is 2. The van der Waals surface area contributed by atoms with Crippen LogP contribution in [-0.4, -0.2) is 44.9 Å². The van der Waals surface area contributed by atoms with Crippen molar-refractivity contribution >= 4 is 22.0 Å². The van der Waals surface area contributed by atoms with Crippen LogP contribution < -0.4 is 14.8 Å². The fraction of sp³-hybridized carbons (Fsp3) is 0.400. The number of carbonyl (C=O) groups excluding carboxylic acids is 1. The molecule has 7 nitrogen and oxygen atoms in total. The van der Waals surface area contributed by atoms with Gasteiger partial charge in [-0.1, -0.05) is 32.0 Å². The van der Waals surface area contributed by atoms with Crippen molar-refractivity contribution in [2.75, 3.05) is 26.3 Å². The van der Waals surface area contributed by atoms with E-state index in [2.05, 4.69) is 5.32 Å². The Balaban J connectivity index is 2.06. The first kappa shape index (κ1) is 26.4. The molecule has 0 bridgehead atoms. The molecule has 1 atom stereocenters. The van der Waals surface area contributed by atoms with E-state index in [-0.39, 0.29) is 16.8 Å². The summed E-state index contributed by atoms with van der Waals surface area (Å²) in [4.78, 5) is 12.7. The zero-order chi connectivity index (χ0) is 24.4. The van der Waals surface area contributed by atoms with E-state index < -0.39 is 10.0 Å². The van der Waals surface area contributed by atoms with Crippen LogP contribution in [0.5, 0.6) is 11.5 Å². The van der Waals surface area contributed by atoms with Gasteiger partial charge >= 0.3 is 0 Å². The van der Waals surface area contributed by atoms with Crippen molar-refractivity contribution in [2.24, 2.45) is 0 Å². The molecule has 1 N–H and O–H groups in total. The lowest BCUT2D eigenvalue weighted by atomic mass is 10.1. The summed E-state index contributed by atoms with van der Waals surface area (Å²) >= 11 is 0. The summed E-state index contributed by atoms with van der Waals surface area (Å²) in [6.45, 7) is 11.2. The largest absolute Gasteiger partial charge is 0.490 e. The third-order valence-corrected chi connectivity index (χ3v) is 7.14. The van der Waals surface area contributed by atoms with E-state index in [9.17, 15) is 13.2 Å². The monoisotopic (exact) mass is 474 g/mol. The van der Waals surface area contributed by atoms with Crippen LogP contribution in [0.4, 0.5) is 0 Å². The minimum Gasteiger partial charge on any atom is -0.490 e. The Bertz CT molecular complexity index is 1040. The van der Waals surface area contributed by atoms with Gasteiger partial charge in [0.1, 0.15) is 0 Å². The van der Waals surface area contributed by atoms with Gasteiger partial charge in [-0.25, -0.2) is 8.42 Å². The Morgan fingerprint density at radius 3 is 2.15 bits per heavy atom. The molecule has 1 unspecified atom stereocenters. The first-order chi connectivity index (χ1) is 15.8. The smallest absolute Gasteiger partial charge is 0.244 e. The van der Waals surface area contributed by atoms with E-state index in [1.54, 1.807) is 30.3 Å². The predicted molar refractivity (Wildman–Crippen MR) is 131 cm³/mol. The van der Waals surface area contributed by atoms with Crippen LogP contribution in [0.25, 0.3) is 6.08 Å². The van der Waals surface area contributed by atoms with Gasteiger partial charge < -0.3 is 14.8 Å². The Kier molecular flexibility index (Phi) is 9.94. The molecule has 0 saturated heterocycles. The highest BCUT2D eigenvalue weighted by molar-refractivity contribution is 7.89. The SMILES string of the molecule is CCOc1ccc(/C=C/C(=O)NC(C)c2ccc(S(=O)(=O)N(CC)CC)cc2)cc1OCC. The van der Waals surface area contributed by atoms with Gasteiger partial charge in [0.25, 0.3) is 0 Å². The van der Waals surface area contributed by atoms with Crippen molar-refractivity contribution < 1.29 is 22.7 Å². The maximum Gasteiger partial charge on any atom is 0.244 e. The van der Waals surface area contributed by atoms with E-state index in [4.69, 9.17) is 9.47 Å². The molecule has 2 aromatic carbocycles. The molecule has 0 aliphatic rings. The minimum atomic E-state index is -3.50. The zero-order valence-corrected chi connectivity index (χ0v) is 20.8. The van der Waals surface area contributed by atoms with E-state index in [1.807, 2.05) is 52.8 Å². The van der Waals surface area contributed by atoms with E-state index in [0.717, 1.165) is 11.1 Å². The zero-order valence-electron chi connectivity index (χ0n) is 20.0. The fourth-order valence-electron chi connectivity index (χ4n) is 3.33. The van der Waals surface area contributed by atoms with Crippen LogP contribution in [0.1, 0.15) is 51.8 Å². The summed E-state index contributed by atoms with van der Waals surface area (Å²) in [6, 6.07) is 11.8. The molecule has 0 radical (unpaired) electrons. The molecule has 2 aromatic rings. The van der Waals surface area contributed by atoms with Crippen LogP contribution in [-0.2, 0) is 14.8 Å². The third kappa shape index (κ3) is 7.07. The third-order valence-electron chi connectivity index (χ3n) is 5.08. The van der Waals surface area contributed by atoms with Crippen LogP contribution in [0.15, 0.2) is 53.4 Å². The molecule has 180 valence electrons. The highest BCUT2D eigenvalue weighted by atomic mass is 32.2. The van der Waals surface area contributed by atoms with Crippen LogP contribution in [0.3, 0.4) is 0 Å². The molecule has 0 aliphatic heterocycles. The number of carbonyl (C=O) groups is 1. The van der Waals surface area contributed by atoms with Gasteiger partial charge in [0.15, 0.2) is 11.5 Å². The topological polar surface area (TPSA) is 84.9 Å². The number of ether oxygens (including phenoxy) is 2. The number of nitrogens with one attached hydrogen (secondary N) is 1. The summed E-state index contributed by atoms with van der Waals surface area (Å²) in [6.07, 6.45) is 3.17. The highest BCUT2D eigenvalue weighted by Gasteiger charge is 2.21.